The number of aromatic nitrogens is 2. The molecule has 76 heavy (non-hydrogen) atoms. The van der Waals surface area contributed by atoms with Crippen molar-refractivity contribution in [3.8, 4) is 33.6 Å². The van der Waals surface area contributed by atoms with E-state index < -0.39 is 0 Å². The van der Waals surface area contributed by atoms with E-state index in [0.29, 0.717) is 0 Å². The first kappa shape index (κ1) is 43.2. The van der Waals surface area contributed by atoms with Crippen LogP contribution in [-0.4, -0.2) is 9.13 Å². The maximum atomic E-state index is 2.61. The summed E-state index contributed by atoms with van der Waals surface area (Å²) in [6.45, 7) is 9.87. The number of rotatable bonds is 4. The quantitative estimate of drug-likeness (QED) is 0.123. The number of hydrogen-bond donors (Lipinski definition) is 0. The second kappa shape index (κ2) is 15.6. The lowest BCUT2D eigenvalue weighted by molar-refractivity contribution is 0.523. The van der Waals surface area contributed by atoms with E-state index in [-0.39, 0.29) is 10.8 Å². The standard InChI is InChI=1S/C74H52N2/c1-73(2)63-41-59-51-21-7-5-19-49(51)50-20-6-8-22-52(50)60(59)42-64(63)74(3,4)66-44-62-61(43-65(66)73)71(45-33-37-47(38-34-45)75-67-29-15-11-23-53(67)54-24-12-16-30-68(54)75)57-27-9-10-28-58(57)72(62)46-35-39-48(40-36-46)76-69-31-17-13-25-55(69)56-26-14-18-32-70(56)76/h5-44H,1-4H3. The van der Waals surface area contributed by atoms with Gasteiger partial charge in [-0.1, -0.05) is 198 Å². The molecule has 15 aromatic rings. The van der Waals surface area contributed by atoms with Crippen molar-refractivity contribution in [2.24, 2.45) is 0 Å². The van der Waals surface area contributed by atoms with E-state index in [1.54, 1.807) is 0 Å². The molecule has 0 N–H and O–H groups in total. The Morgan fingerprint density at radius 2 is 0.461 bits per heavy atom. The van der Waals surface area contributed by atoms with Crippen LogP contribution in [0.4, 0.5) is 0 Å². The van der Waals surface area contributed by atoms with Gasteiger partial charge < -0.3 is 9.13 Å². The Morgan fingerprint density at radius 1 is 0.224 bits per heavy atom. The average Bonchev–Trinajstić information content (AvgIpc) is 4.14. The van der Waals surface area contributed by atoms with Gasteiger partial charge in [0.2, 0.25) is 0 Å². The molecule has 2 heteroatoms. The molecule has 0 saturated heterocycles. The molecule has 0 aliphatic heterocycles. The molecule has 0 radical (unpaired) electrons. The Hall–Kier alpha value is -9.24. The number of fused-ring (bicyclic) bond motifs is 16. The first-order valence-corrected chi connectivity index (χ1v) is 26.8. The van der Waals surface area contributed by atoms with Gasteiger partial charge in [-0.15, -0.1) is 0 Å². The molecule has 0 bridgehead atoms. The van der Waals surface area contributed by atoms with Crippen molar-refractivity contribution < 1.29 is 0 Å². The zero-order valence-electron chi connectivity index (χ0n) is 43.0. The van der Waals surface area contributed by atoms with Gasteiger partial charge in [0.25, 0.3) is 0 Å². The molecule has 0 amide bonds. The summed E-state index contributed by atoms with van der Waals surface area (Å²) in [6.07, 6.45) is 0. The molecule has 0 atom stereocenters. The van der Waals surface area contributed by atoms with Crippen molar-refractivity contribution in [3.05, 3.63) is 265 Å². The van der Waals surface area contributed by atoms with Crippen molar-refractivity contribution in [1.82, 2.24) is 9.13 Å². The molecule has 0 saturated carbocycles. The largest absolute Gasteiger partial charge is 0.309 e. The minimum Gasteiger partial charge on any atom is -0.309 e. The molecular formula is C74H52N2. The zero-order valence-corrected chi connectivity index (χ0v) is 43.0. The van der Waals surface area contributed by atoms with E-state index in [9.17, 15) is 0 Å². The minimum atomic E-state index is -0.317. The summed E-state index contributed by atoms with van der Waals surface area (Å²) >= 11 is 0. The minimum absolute atomic E-state index is 0.317. The molecule has 16 rings (SSSR count). The predicted molar refractivity (Wildman–Crippen MR) is 324 cm³/mol. The molecule has 1 aliphatic carbocycles. The Balaban J connectivity index is 0.962. The van der Waals surface area contributed by atoms with E-state index >= 15 is 0 Å². The number of hydrogen-bond acceptors (Lipinski definition) is 0. The summed E-state index contributed by atoms with van der Waals surface area (Å²) in [7, 11) is 0. The second-order valence-electron chi connectivity index (χ2n) is 22.4. The highest BCUT2D eigenvalue weighted by atomic mass is 15.0. The van der Waals surface area contributed by atoms with Crippen LogP contribution in [0.5, 0.6) is 0 Å². The van der Waals surface area contributed by atoms with Crippen molar-refractivity contribution in [1.29, 1.82) is 0 Å². The van der Waals surface area contributed by atoms with E-state index in [1.807, 2.05) is 0 Å². The van der Waals surface area contributed by atoms with E-state index in [4.69, 9.17) is 0 Å². The average molecular weight is 969 g/mol. The lowest BCUT2D eigenvalue weighted by Gasteiger charge is -2.44. The number of para-hydroxylation sites is 4. The van der Waals surface area contributed by atoms with Crippen molar-refractivity contribution in [2.45, 2.75) is 38.5 Å². The fraction of sp³-hybridized carbons (Fsp3) is 0.0811. The third kappa shape index (κ3) is 5.87. The van der Waals surface area contributed by atoms with E-state index in [1.165, 1.54) is 142 Å². The van der Waals surface area contributed by atoms with Gasteiger partial charge in [0.15, 0.2) is 0 Å². The molecule has 13 aromatic carbocycles. The third-order valence-corrected chi connectivity index (χ3v) is 17.7. The van der Waals surface area contributed by atoms with Crippen LogP contribution in [-0.2, 0) is 10.8 Å². The molecule has 1 aliphatic rings. The highest BCUT2D eigenvalue weighted by molar-refractivity contribution is 6.26. The van der Waals surface area contributed by atoms with Crippen LogP contribution in [0.15, 0.2) is 243 Å². The topological polar surface area (TPSA) is 9.86 Å². The summed E-state index contributed by atoms with van der Waals surface area (Å²) in [4.78, 5) is 0. The molecule has 0 spiro atoms. The van der Waals surface area contributed by atoms with Gasteiger partial charge in [0.1, 0.15) is 0 Å². The molecule has 0 unspecified atom stereocenters. The van der Waals surface area contributed by atoms with Crippen molar-refractivity contribution >= 4 is 97.5 Å². The van der Waals surface area contributed by atoms with Gasteiger partial charge in [-0.3, -0.25) is 0 Å². The first-order valence-electron chi connectivity index (χ1n) is 26.8. The van der Waals surface area contributed by atoms with Gasteiger partial charge in [0.05, 0.1) is 22.1 Å². The molecule has 0 fully saturated rings. The van der Waals surface area contributed by atoms with Crippen LogP contribution in [0.2, 0.25) is 0 Å². The number of nitrogens with zero attached hydrogens (tertiary/aromatic N) is 2. The van der Waals surface area contributed by atoms with E-state index in [0.717, 1.165) is 11.4 Å². The van der Waals surface area contributed by atoms with Crippen LogP contribution in [0.25, 0.3) is 131 Å². The third-order valence-electron chi connectivity index (χ3n) is 17.7. The molecule has 2 aromatic heterocycles. The Kier molecular flexibility index (Phi) is 8.89. The summed E-state index contributed by atoms with van der Waals surface area (Å²) in [6, 6.07) is 91.4. The van der Waals surface area contributed by atoms with Gasteiger partial charge in [-0.25, -0.2) is 0 Å². The smallest absolute Gasteiger partial charge is 0.0541 e. The molecule has 358 valence electrons. The monoisotopic (exact) mass is 968 g/mol. The van der Waals surface area contributed by atoms with Gasteiger partial charge in [0, 0.05) is 43.7 Å². The van der Waals surface area contributed by atoms with Crippen LogP contribution in [0, 0.1) is 0 Å². The summed E-state index contributed by atoms with van der Waals surface area (Å²) in [5, 5.41) is 18.0. The van der Waals surface area contributed by atoms with Gasteiger partial charge in [-0.2, -0.15) is 0 Å². The molecule has 2 heterocycles. The second-order valence-corrected chi connectivity index (χ2v) is 22.4. The Morgan fingerprint density at radius 3 is 0.763 bits per heavy atom. The SMILES string of the molecule is CC1(C)c2cc3c(-c4ccc(-n5c6ccccc6c6ccccc65)cc4)c4ccccc4c(-c4ccc(-n5c6ccccc6c6ccccc65)cc4)c3cc2C(C)(C)c2cc3c4ccccc4c4ccccc4c3cc21. The lowest BCUT2D eigenvalue weighted by Crippen LogP contribution is -2.36. The van der Waals surface area contributed by atoms with Gasteiger partial charge >= 0.3 is 0 Å². The van der Waals surface area contributed by atoms with Gasteiger partial charge in [-0.05, 0) is 171 Å². The predicted octanol–water partition coefficient (Wildman–Crippen LogP) is 19.9. The van der Waals surface area contributed by atoms with Crippen molar-refractivity contribution in [2.75, 3.05) is 0 Å². The summed E-state index contributed by atoms with van der Waals surface area (Å²) < 4.78 is 4.84. The van der Waals surface area contributed by atoms with Crippen LogP contribution in [0.1, 0.15) is 49.9 Å². The summed E-state index contributed by atoms with van der Waals surface area (Å²) in [5.41, 5.74) is 17.0. The highest BCUT2D eigenvalue weighted by Crippen LogP contribution is 2.55. The Labute approximate surface area is 441 Å². The zero-order chi connectivity index (χ0) is 50.6. The van der Waals surface area contributed by atoms with E-state index in [2.05, 4.69) is 279 Å². The van der Waals surface area contributed by atoms with Crippen LogP contribution < -0.4 is 0 Å². The highest BCUT2D eigenvalue weighted by Gasteiger charge is 2.43. The lowest BCUT2D eigenvalue weighted by atomic mass is 9.59. The summed E-state index contributed by atoms with van der Waals surface area (Å²) in [5.74, 6) is 0. The van der Waals surface area contributed by atoms with Crippen LogP contribution >= 0.6 is 0 Å². The Bertz CT molecular complexity index is 4540. The maximum absolute atomic E-state index is 2.61. The molecule has 2 nitrogen and oxygen atoms in total. The van der Waals surface area contributed by atoms with Crippen molar-refractivity contribution in [3.63, 3.8) is 0 Å². The maximum Gasteiger partial charge on any atom is 0.0541 e. The number of benzene rings is 13. The fourth-order valence-electron chi connectivity index (χ4n) is 14.1. The molecular weight excluding hydrogens is 917 g/mol. The van der Waals surface area contributed by atoms with Crippen LogP contribution in [0.3, 0.4) is 0 Å². The normalized spacial score (nSPS) is 14.0. The first-order chi connectivity index (χ1) is 37.2. The fourth-order valence-corrected chi connectivity index (χ4v) is 14.1.